The van der Waals surface area contributed by atoms with Crippen LogP contribution in [0.25, 0.3) is 11.0 Å². The Hall–Kier alpha value is -1.11. The Balaban J connectivity index is 2.78. The van der Waals surface area contributed by atoms with E-state index in [0.717, 1.165) is 0 Å². The quantitative estimate of drug-likeness (QED) is 0.368. The fraction of sp³-hybridized carbons (Fsp3) is 0.200. The third-order valence-corrected chi connectivity index (χ3v) is 3.26. The minimum atomic E-state index is -0.569. The molecule has 2 aromatic rings. The maximum Gasteiger partial charge on any atom is 0.356 e. The first-order valence-electron chi connectivity index (χ1n) is 4.73. The van der Waals surface area contributed by atoms with Gasteiger partial charge in [-0.2, -0.15) is 0 Å². The number of pyridine rings is 1. The van der Waals surface area contributed by atoms with Crippen molar-refractivity contribution in [1.29, 1.82) is 0 Å². The number of fused-ring (bicyclic) bond motifs is 1. The van der Waals surface area contributed by atoms with Gasteiger partial charge in [0.2, 0.25) is 5.28 Å². The third kappa shape index (κ3) is 2.36. The largest absolute Gasteiger partial charge is 0.464 e. The number of methoxy groups -OCH3 is 1. The predicted octanol–water partition coefficient (Wildman–Crippen LogP) is 2.84. The summed E-state index contributed by atoms with van der Waals surface area (Å²) in [6.07, 6.45) is 1.82. The smallest absolute Gasteiger partial charge is 0.356 e. The van der Waals surface area contributed by atoms with E-state index in [-0.39, 0.29) is 16.0 Å². The van der Waals surface area contributed by atoms with Crippen LogP contribution < -0.4 is 0 Å². The van der Waals surface area contributed by atoms with E-state index in [2.05, 4.69) is 19.7 Å². The van der Waals surface area contributed by atoms with Crippen LogP contribution in [0.3, 0.4) is 0 Å². The second kappa shape index (κ2) is 5.26. The molecule has 0 saturated heterocycles. The lowest BCUT2D eigenvalue weighted by Crippen LogP contribution is -2.05. The van der Waals surface area contributed by atoms with Gasteiger partial charge in [0, 0.05) is 0 Å². The summed E-state index contributed by atoms with van der Waals surface area (Å²) in [6, 6.07) is 1.39. The molecule has 0 fully saturated rings. The lowest BCUT2D eigenvalue weighted by molar-refractivity contribution is 0.0594. The van der Waals surface area contributed by atoms with Crippen molar-refractivity contribution in [2.45, 2.75) is 5.03 Å². The first-order valence-corrected chi connectivity index (χ1v) is 6.71. The van der Waals surface area contributed by atoms with Crippen LogP contribution in [0, 0.1) is 0 Å². The minimum absolute atomic E-state index is 0.0846. The van der Waals surface area contributed by atoms with E-state index in [4.69, 9.17) is 23.2 Å². The van der Waals surface area contributed by atoms with Crippen molar-refractivity contribution in [3.63, 3.8) is 0 Å². The molecule has 5 nitrogen and oxygen atoms in total. The topological polar surface area (TPSA) is 65.0 Å². The Bertz CT molecular complexity index is 636. The Kier molecular flexibility index (Phi) is 3.89. The van der Waals surface area contributed by atoms with Gasteiger partial charge in [-0.1, -0.05) is 11.6 Å². The van der Waals surface area contributed by atoms with Crippen molar-refractivity contribution in [3.8, 4) is 0 Å². The number of carbonyl (C=O) groups is 1. The monoisotopic (exact) mass is 303 g/mol. The minimum Gasteiger partial charge on any atom is -0.464 e. The van der Waals surface area contributed by atoms with Gasteiger partial charge in [0.05, 0.1) is 12.1 Å². The van der Waals surface area contributed by atoms with Gasteiger partial charge in [-0.3, -0.25) is 0 Å². The fourth-order valence-corrected chi connectivity index (χ4v) is 2.34. The molecule has 0 amide bonds. The van der Waals surface area contributed by atoms with Gasteiger partial charge >= 0.3 is 5.97 Å². The summed E-state index contributed by atoms with van der Waals surface area (Å²) in [6.45, 7) is 0. The Morgan fingerprint density at radius 1 is 1.28 bits per heavy atom. The molecule has 0 bridgehead atoms. The van der Waals surface area contributed by atoms with Gasteiger partial charge < -0.3 is 4.74 Å². The molecule has 0 spiro atoms. The molecule has 2 heterocycles. The molecule has 0 aliphatic carbocycles. The molecule has 8 heteroatoms. The summed E-state index contributed by atoms with van der Waals surface area (Å²) in [5, 5.41) is 0.916. The molecule has 0 aliphatic rings. The highest BCUT2D eigenvalue weighted by Gasteiger charge is 2.16. The summed E-state index contributed by atoms with van der Waals surface area (Å²) in [7, 11) is 1.27. The van der Waals surface area contributed by atoms with Crippen LogP contribution in [0.5, 0.6) is 0 Å². The van der Waals surface area contributed by atoms with Crippen LogP contribution in [-0.4, -0.2) is 34.3 Å². The summed E-state index contributed by atoms with van der Waals surface area (Å²) in [4.78, 5) is 23.6. The van der Waals surface area contributed by atoms with E-state index < -0.39 is 5.97 Å². The number of thioether (sulfide) groups is 1. The van der Waals surface area contributed by atoms with Crippen LogP contribution in [-0.2, 0) is 4.74 Å². The number of rotatable bonds is 2. The van der Waals surface area contributed by atoms with Gasteiger partial charge in [0.25, 0.3) is 0 Å². The van der Waals surface area contributed by atoms with Crippen molar-refractivity contribution >= 4 is 52.0 Å². The zero-order valence-corrected chi connectivity index (χ0v) is 11.7. The third-order valence-electron chi connectivity index (χ3n) is 2.13. The van der Waals surface area contributed by atoms with E-state index in [9.17, 15) is 4.79 Å². The Morgan fingerprint density at radius 3 is 2.61 bits per heavy atom. The second-order valence-corrected chi connectivity index (χ2v) is 4.72. The maximum absolute atomic E-state index is 11.5. The molecular formula is C10H7Cl2N3O2S. The number of hydrogen-bond donors (Lipinski definition) is 0. The number of halogens is 2. The van der Waals surface area contributed by atoms with Gasteiger partial charge in [-0.05, 0) is 23.9 Å². The summed E-state index contributed by atoms with van der Waals surface area (Å²) < 4.78 is 4.60. The van der Waals surface area contributed by atoms with Crippen LogP contribution in [0.15, 0.2) is 11.1 Å². The van der Waals surface area contributed by atoms with E-state index >= 15 is 0 Å². The van der Waals surface area contributed by atoms with Crippen molar-refractivity contribution in [1.82, 2.24) is 15.0 Å². The summed E-state index contributed by atoms with van der Waals surface area (Å²) in [5.74, 6) is -0.569. The van der Waals surface area contributed by atoms with E-state index in [0.29, 0.717) is 16.1 Å². The molecule has 0 aromatic carbocycles. The van der Waals surface area contributed by atoms with Crippen LogP contribution >= 0.6 is 35.0 Å². The average Bonchev–Trinajstić information content (AvgIpc) is 2.37. The van der Waals surface area contributed by atoms with E-state index in [1.165, 1.54) is 24.9 Å². The van der Waals surface area contributed by atoms with Gasteiger partial charge in [-0.25, -0.2) is 19.7 Å². The number of ether oxygens (including phenoxy) is 1. The predicted molar refractivity (Wildman–Crippen MR) is 70.5 cm³/mol. The first kappa shape index (κ1) is 13.3. The van der Waals surface area contributed by atoms with Crippen LogP contribution in [0.2, 0.25) is 10.3 Å². The normalized spacial score (nSPS) is 10.7. The number of esters is 1. The Labute approximate surface area is 117 Å². The number of carbonyl (C=O) groups excluding carboxylic acids is 1. The van der Waals surface area contributed by atoms with Crippen molar-refractivity contribution in [3.05, 3.63) is 22.1 Å². The lowest BCUT2D eigenvalue weighted by Gasteiger charge is -2.06. The van der Waals surface area contributed by atoms with Crippen molar-refractivity contribution in [2.24, 2.45) is 0 Å². The molecule has 0 atom stereocenters. The zero-order chi connectivity index (χ0) is 13.3. The highest BCUT2D eigenvalue weighted by Crippen LogP contribution is 2.28. The first-order chi connectivity index (χ1) is 8.56. The summed E-state index contributed by atoms with van der Waals surface area (Å²) >= 11 is 13.2. The van der Waals surface area contributed by atoms with Crippen LogP contribution in [0.4, 0.5) is 0 Å². The highest BCUT2D eigenvalue weighted by molar-refractivity contribution is 7.98. The Morgan fingerprint density at radius 2 is 2.00 bits per heavy atom. The molecule has 0 N–H and O–H groups in total. The zero-order valence-electron chi connectivity index (χ0n) is 9.40. The molecular weight excluding hydrogens is 297 g/mol. The van der Waals surface area contributed by atoms with Crippen molar-refractivity contribution < 1.29 is 9.53 Å². The number of aromatic nitrogens is 3. The molecule has 2 rings (SSSR count). The van der Waals surface area contributed by atoms with Gasteiger partial charge in [0.1, 0.15) is 16.1 Å². The van der Waals surface area contributed by atoms with Crippen molar-refractivity contribution in [2.75, 3.05) is 13.4 Å². The maximum atomic E-state index is 11.5. The number of hydrogen-bond acceptors (Lipinski definition) is 6. The van der Waals surface area contributed by atoms with E-state index in [1.807, 2.05) is 6.26 Å². The highest BCUT2D eigenvalue weighted by atomic mass is 35.5. The van der Waals surface area contributed by atoms with E-state index in [1.54, 1.807) is 0 Å². The van der Waals surface area contributed by atoms with Gasteiger partial charge in [0.15, 0.2) is 5.69 Å². The van der Waals surface area contributed by atoms with Gasteiger partial charge in [-0.15, -0.1) is 11.8 Å². The van der Waals surface area contributed by atoms with Crippen LogP contribution in [0.1, 0.15) is 10.5 Å². The average molecular weight is 304 g/mol. The molecule has 0 radical (unpaired) electrons. The molecule has 0 saturated carbocycles. The number of nitrogens with zero attached hydrogens (tertiary/aromatic N) is 3. The second-order valence-electron chi connectivity index (χ2n) is 3.18. The molecule has 2 aromatic heterocycles. The fourth-order valence-electron chi connectivity index (χ4n) is 1.37. The molecule has 18 heavy (non-hydrogen) atoms. The SMILES string of the molecule is COC(=O)c1cc(Cl)c2nc(Cl)nc(SC)c2n1. The standard InChI is InChI=1S/C10H7Cl2N3O2S/c1-17-9(16)5-3-4(11)6-7(13-5)8(18-2)15-10(12)14-6/h3H,1-2H3. The lowest BCUT2D eigenvalue weighted by atomic mass is 10.3. The molecule has 0 unspecified atom stereocenters. The molecule has 94 valence electrons. The molecule has 0 aliphatic heterocycles. The summed E-state index contributed by atoms with van der Waals surface area (Å²) in [5.41, 5.74) is 0.949.